The summed E-state index contributed by atoms with van der Waals surface area (Å²) in [5.74, 6) is 0.188. The van der Waals surface area contributed by atoms with Crippen LogP contribution >= 0.6 is 0 Å². The van der Waals surface area contributed by atoms with E-state index in [1.807, 2.05) is 49.9 Å². The van der Waals surface area contributed by atoms with Gasteiger partial charge in [-0.15, -0.1) is 0 Å². The van der Waals surface area contributed by atoms with Crippen LogP contribution in [0.25, 0.3) is 0 Å². The molecular weight excluding hydrogens is 224 g/mol. The fraction of sp³-hybridized carbons (Fsp3) is 0.533. The lowest BCUT2D eigenvalue weighted by Gasteiger charge is -2.27. The van der Waals surface area contributed by atoms with Crippen molar-refractivity contribution in [3.63, 3.8) is 0 Å². The molecule has 0 unspecified atom stereocenters. The van der Waals surface area contributed by atoms with Gasteiger partial charge in [-0.25, -0.2) is 0 Å². The van der Waals surface area contributed by atoms with E-state index in [4.69, 9.17) is 5.73 Å². The third kappa shape index (κ3) is 4.15. The van der Waals surface area contributed by atoms with Crippen molar-refractivity contribution in [2.24, 2.45) is 5.73 Å². The molecule has 0 fully saturated rings. The SMILES string of the molecule is Cc1ccccc1CC(=O)N(CCCN)C(C)C. The van der Waals surface area contributed by atoms with E-state index in [1.54, 1.807) is 0 Å². The highest BCUT2D eigenvalue weighted by atomic mass is 16.2. The Hall–Kier alpha value is -1.35. The van der Waals surface area contributed by atoms with Gasteiger partial charge in [-0.2, -0.15) is 0 Å². The van der Waals surface area contributed by atoms with Crippen molar-refractivity contribution < 1.29 is 4.79 Å². The van der Waals surface area contributed by atoms with E-state index in [0.29, 0.717) is 13.0 Å². The van der Waals surface area contributed by atoms with Gasteiger partial charge >= 0.3 is 0 Å². The Labute approximate surface area is 110 Å². The fourth-order valence-electron chi connectivity index (χ4n) is 2.01. The van der Waals surface area contributed by atoms with Crippen LogP contribution in [0.3, 0.4) is 0 Å². The summed E-state index contributed by atoms with van der Waals surface area (Å²) in [7, 11) is 0. The normalized spacial score (nSPS) is 10.7. The lowest BCUT2D eigenvalue weighted by atomic mass is 10.0. The van der Waals surface area contributed by atoms with Gasteiger partial charge in [0.2, 0.25) is 5.91 Å². The maximum atomic E-state index is 12.3. The van der Waals surface area contributed by atoms with Crippen molar-refractivity contribution in [3.05, 3.63) is 35.4 Å². The van der Waals surface area contributed by atoms with Crippen LogP contribution < -0.4 is 5.73 Å². The molecule has 3 nitrogen and oxygen atoms in total. The van der Waals surface area contributed by atoms with Gasteiger partial charge in [0.25, 0.3) is 0 Å². The minimum Gasteiger partial charge on any atom is -0.340 e. The summed E-state index contributed by atoms with van der Waals surface area (Å²) in [6.45, 7) is 7.51. The average molecular weight is 248 g/mol. The number of carbonyl (C=O) groups excluding carboxylic acids is 1. The van der Waals surface area contributed by atoms with Gasteiger partial charge in [0.1, 0.15) is 0 Å². The Morgan fingerprint density at radius 3 is 2.56 bits per heavy atom. The Morgan fingerprint density at radius 2 is 2.00 bits per heavy atom. The molecule has 0 spiro atoms. The van der Waals surface area contributed by atoms with Crippen molar-refractivity contribution in [1.82, 2.24) is 4.90 Å². The molecule has 2 N–H and O–H groups in total. The summed E-state index contributed by atoms with van der Waals surface area (Å²) in [5.41, 5.74) is 7.80. The fourth-order valence-corrected chi connectivity index (χ4v) is 2.01. The second kappa shape index (κ2) is 7.17. The van der Waals surface area contributed by atoms with Crippen LogP contribution in [0.1, 0.15) is 31.4 Å². The predicted octanol–water partition coefficient (Wildman–Crippen LogP) is 2.12. The molecule has 0 aliphatic heterocycles. The Morgan fingerprint density at radius 1 is 1.33 bits per heavy atom. The third-order valence-electron chi connectivity index (χ3n) is 3.15. The van der Waals surface area contributed by atoms with E-state index in [0.717, 1.165) is 18.5 Å². The van der Waals surface area contributed by atoms with E-state index in [1.165, 1.54) is 5.56 Å². The zero-order valence-electron chi connectivity index (χ0n) is 11.6. The summed E-state index contributed by atoms with van der Waals surface area (Å²) in [4.78, 5) is 14.2. The molecule has 1 aromatic rings. The number of rotatable bonds is 6. The molecule has 0 radical (unpaired) electrons. The van der Waals surface area contributed by atoms with E-state index in [-0.39, 0.29) is 11.9 Å². The number of amides is 1. The molecular formula is C15H24N2O. The average Bonchev–Trinajstić information content (AvgIpc) is 2.32. The Kier molecular flexibility index (Phi) is 5.86. The van der Waals surface area contributed by atoms with Gasteiger partial charge in [-0.05, 0) is 44.9 Å². The van der Waals surface area contributed by atoms with Crippen LogP contribution in [0.2, 0.25) is 0 Å². The van der Waals surface area contributed by atoms with Gasteiger partial charge in [-0.3, -0.25) is 4.79 Å². The Bertz CT molecular complexity index is 388. The molecule has 0 atom stereocenters. The topological polar surface area (TPSA) is 46.3 Å². The number of nitrogens with zero attached hydrogens (tertiary/aromatic N) is 1. The summed E-state index contributed by atoms with van der Waals surface area (Å²) in [6, 6.07) is 8.28. The van der Waals surface area contributed by atoms with Crippen molar-refractivity contribution in [2.45, 2.75) is 39.7 Å². The summed E-state index contributed by atoms with van der Waals surface area (Å²) in [5, 5.41) is 0. The van der Waals surface area contributed by atoms with Gasteiger partial charge in [0.15, 0.2) is 0 Å². The van der Waals surface area contributed by atoms with Gasteiger partial charge in [-0.1, -0.05) is 24.3 Å². The first-order valence-electron chi connectivity index (χ1n) is 6.60. The van der Waals surface area contributed by atoms with E-state index >= 15 is 0 Å². The zero-order valence-corrected chi connectivity index (χ0v) is 11.6. The number of hydrogen-bond acceptors (Lipinski definition) is 2. The van der Waals surface area contributed by atoms with Crippen LogP contribution in [0.5, 0.6) is 0 Å². The maximum Gasteiger partial charge on any atom is 0.227 e. The summed E-state index contributed by atoms with van der Waals surface area (Å²) >= 11 is 0. The van der Waals surface area contributed by atoms with Crippen molar-refractivity contribution in [1.29, 1.82) is 0 Å². The molecule has 0 aliphatic rings. The molecule has 18 heavy (non-hydrogen) atoms. The van der Waals surface area contributed by atoms with Crippen LogP contribution in [0.4, 0.5) is 0 Å². The monoisotopic (exact) mass is 248 g/mol. The standard InChI is InChI=1S/C15H24N2O/c1-12(2)17(10-6-9-16)15(18)11-14-8-5-4-7-13(14)3/h4-5,7-8,12H,6,9-11,16H2,1-3H3. The van der Waals surface area contributed by atoms with Crippen molar-refractivity contribution in [2.75, 3.05) is 13.1 Å². The van der Waals surface area contributed by atoms with Crippen molar-refractivity contribution >= 4 is 5.91 Å². The molecule has 0 aliphatic carbocycles. The Balaban J connectivity index is 2.70. The largest absolute Gasteiger partial charge is 0.340 e. The van der Waals surface area contributed by atoms with E-state index in [9.17, 15) is 4.79 Å². The van der Waals surface area contributed by atoms with Crippen LogP contribution in [0, 0.1) is 6.92 Å². The van der Waals surface area contributed by atoms with Crippen LogP contribution in [-0.2, 0) is 11.2 Å². The molecule has 1 amide bonds. The molecule has 0 aromatic heterocycles. The highest BCUT2D eigenvalue weighted by molar-refractivity contribution is 5.79. The van der Waals surface area contributed by atoms with Gasteiger partial charge < -0.3 is 10.6 Å². The molecule has 3 heteroatoms. The highest BCUT2D eigenvalue weighted by Crippen LogP contribution is 2.11. The summed E-state index contributed by atoms with van der Waals surface area (Å²) in [6.07, 6.45) is 1.34. The molecule has 0 heterocycles. The second-order valence-electron chi connectivity index (χ2n) is 4.93. The quantitative estimate of drug-likeness (QED) is 0.838. The van der Waals surface area contributed by atoms with Gasteiger partial charge in [0, 0.05) is 12.6 Å². The number of aryl methyl sites for hydroxylation is 1. The number of hydrogen-bond donors (Lipinski definition) is 1. The molecule has 1 aromatic carbocycles. The lowest BCUT2D eigenvalue weighted by molar-refractivity contribution is -0.132. The minimum atomic E-state index is 0.188. The second-order valence-corrected chi connectivity index (χ2v) is 4.93. The summed E-state index contributed by atoms with van der Waals surface area (Å²) < 4.78 is 0. The molecule has 0 saturated carbocycles. The molecule has 0 saturated heterocycles. The van der Waals surface area contributed by atoms with Gasteiger partial charge in [0.05, 0.1) is 6.42 Å². The van der Waals surface area contributed by atoms with Crippen LogP contribution in [0.15, 0.2) is 24.3 Å². The van der Waals surface area contributed by atoms with E-state index < -0.39 is 0 Å². The molecule has 100 valence electrons. The lowest BCUT2D eigenvalue weighted by Crippen LogP contribution is -2.39. The first-order valence-corrected chi connectivity index (χ1v) is 6.60. The number of nitrogens with two attached hydrogens (primary N) is 1. The number of benzene rings is 1. The maximum absolute atomic E-state index is 12.3. The van der Waals surface area contributed by atoms with Crippen molar-refractivity contribution in [3.8, 4) is 0 Å². The zero-order chi connectivity index (χ0) is 13.5. The highest BCUT2D eigenvalue weighted by Gasteiger charge is 2.17. The van der Waals surface area contributed by atoms with Crippen LogP contribution in [-0.4, -0.2) is 29.9 Å². The smallest absolute Gasteiger partial charge is 0.227 e. The predicted molar refractivity (Wildman–Crippen MR) is 75.4 cm³/mol. The number of carbonyl (C=O) groups is 1. The first-order chi connectivity index (χ1) is 8.56. The third-order valence-corrected chi connectivity index (χ3v) is 3.15. The molecule has 1 rings (SSSR count). The van der Waals surface area contributed by atoms with E-state index in [2.05, 4.69) is 0 Å². The first kappa shape index (κ1) is 14.7. The minimum absolute atomic E-state index is 0.188. The molecule has 0 bridgehead atoms.